The normalized spacial score (nSPS) is 18.2. The van der Waals surface area contributed by atoms with E-state index >= 15 is 0 Å². The summed E-state index contributed by atoms with van der Waals surface area (Å²) in [4.78, 5) is 12.8. The van der Waals surface area contributed by atoms with Gasteiger partial charge in [0.05, 0.1) is 0 Å². The van der Waals surface area contributed by atoms with Crippen LogP contribution >= 0.6 is 0 Å². The van der Waals surface area contributed by atoms with Crippen LogP contribution in [0, 0.1) is 13.8 Å². The van der Waals surface area contributed by atoms with Gasteiger partial charge in [-0.3, -0.25) is 4.79 Å². The zero-order chi connectivity index (χ0) is 18.9. The van der Waals surface area contributed by atoms with Gasteiger partial charge in [0, 0.05) is 12.2 Å². The molecule has 140 valence electrons. The molecule has 7 nitrogen and oxygen atoms in total. The molecule has 1 aliphatic rings. The van der Waals surface area contributed by atoms with E-state index in [1.54, 1.807) is 13.8 Å². The summed E-state index contributed by atoms with van der Waals surface area (Å²) in [5, 5.41) is 6.55. The first-order chi connectivity index (χ1) is 12.3. The first-order valence-corrected chi connectivity index (χ1v) is 10.1. The van der Waals surface area contributed by atoms with Crippen molar-refractivity contribution in [2.24, 2.45) is 0 Å². The van der Waals surface area contributed by atoms with Gasteiger partial charge in [0.2, 0.25) is 15.9 Å². The monoisotopic (exact) mass is 377 g/mol. The van der Waals surface area contributed by atoms with Gasteiger partial charge in [-0.05, 0) is 50.8 Å². The van der Waals surface area contributed by atoms with Crippen molar-refractivity contribution in [3.05, 3.63) is 41.3 Å². The van der Waals surface area contributed by atoms with E-state index in [1.807, 2.05) is 24.3 Å². The highest BCUT2D eigenvalue weighted by molar-refractivity contribution is 7.89. The molecule has 2 aromatic rings. The first kappa shape index (κ1) is 18.6. The van der Waals surface area contributed by atoms with Crippen molar-refractivity contribution in [3.63, 3.8) is 0 Å². The van der Waals surface area contributed by atoms with Crippen molar-refractivity contribution in [3.8, 4) is 0 Å². The SMILES string of the molecule is CCc1ccc(NC(=O)C2CCCN2S(=O)(=O)c2c(C)noc2C)cc1. The molecule has 3 rings (SSSR count). The topological polar surface area (TPSA) is 92.5 Å². The highest BCUT2D eigenvalue weighted by atomic mass is 32.2. The Balaban J connectivity index is 1.82. The third-order valence-corrected chi connectivity index (χ3v) is 6.82. The van der Waals surface area contributed by atoms with Crippen LogP contribution in [0.25, 0.3) is 0 Å². The Hall–Kier alpha value is -2.19. The number of rotatable bonds is 5. The molecule has 1 fully saturated rings. The lowest BCUT2D eigenvalue weighted by atomic mass is 10.1. The number of aromatic nitrogens is 1. The van der Waals surface area contributed by atoms with E-state index in [1.165, 1.54) is 9.87 Å². The number of benzene rings is 1. The Bertz CT molecular complexity index is 884. The summed E-state index contributed by atoms with van der Waals surface area (Å²) in [6, 6.07) is 6.82. The summed E-state index contributed by atoms with van der Waals surface area (Å²) in [6.07, 6.45) is 2.04. The van der Waals surface area contributed by atoms with Crippen LogP contribution in [0.5, 0.6) is 0 Å². The minimum absolute atomic E-state index is 0.0597. The summed E-state index contributed by atoms with van der Waals surface area (Å²) < 4.78 is 32.3. The number of sulfonamides is 1. The van der Waals surface area contributed by atoms with Gasteiger partial charge in [-0.1, -0.05) is 24.2 Å². The third-order valence-electron chi connectivity index (χ3n) is 4.67. The Morgan fingerprint density at radius 3 is 2.58 bits per heavy atom. The predicted molar refractivity (Wildman–Crippen MR) is 97.3 cm³/mol. The highest BCUT2D eigenvalue weighted by Gasteiger charge is 2.41. The summed E-state index contributed by atoms with van der Waals surface area (Å²) in [5.41, 5.74) is 2.14. The van der Waals surface area contributed by atoms with E-state index in [0.717, 1.165) is 6.42 Å². The quantitative estimate of drug-likeness (QED) is 0.865. The average molecular weight is 377 g/mol. The van der Waals surface area contributed by atoms with Crippen LogP contribution in [0.2, 0.25) is 0 Å². The molecule has 0 spiro atoms. The Kier molecular flexibility index (Phi) is 5.15. The van der Waals surface area contributed by atoms with Gasteiger partial charge in [-0.2, -0.15) is 4.31 Å². The Labute approximate surface area is 153 Å². The second kappa shape index (κ2) is 7.20. The van der Waals surface area contributed by atoms with Crippen LogP contribution in [0.1, 0.15) is 36.8 Å². The molecule has 1 unspecified atom stereocenters. The van der Waals surface area contributed by atoms with E-state index in [9.17, 15) is 13.2 Å². The molecule has 26 heavy (non-hydrogen) atoms. The molecule has 1 atom stereocenters. The van der Waals surface area contributed by atoms with Crippen LogP contribution in [0.15, 0.2) is 33.7 Å². The van der Waals surface area contributed by atoms with Gasteiger partial charge in [-0.25, -0.2) is 8.42 Å². The maximum atomic E-state index is 13.0. The molecule has 1 N–H and O–H groups in total. The van der Waals surface area contributed by atoms with Crippen LogP contribution in [-0.2, 0) is 21.2 Å². The van der Waals surface area contributed by atoms with E-state index in [4.69, 9.17) is 4.52 Å². The van der Waals surface area contributed by atoms with Crippen molar-refractivity contribution in [2.45, 2.75) is 51.0 Å². The average Bonchev–Trinajstić information content (AvgIpc) is 3.23. The van der Waals surface area contributed by atoms with E-state index in [0.29, 0.717) is 30.8 Å². The predicted octanol–water partition coefficient (Wildman–Crippen LogP) is 2.65. The number of carbonyl (C=O) groups excluding carboxylic acids is 1. The number of anilines is 1. The number of carbonyl (C=O) groups is 1. The van der Waals surface area contributed by atoms with Crippen molar-refractivity contribution in [1.82, 2.24) is 9.46 Å². The fourth-order valence-electron chi connectivity index (χ4n) is 3.30. The van der Waals surface area contributed by atoms with Gasteiger partial charge in [0.15, 0.2) is 5.76 Å². The maximum Gasteiger partial charge on any atom is 0.249 e. The van der Waals surface area contributed by atoms with Crippen LogP contribution in [0.4, 0.5) is 5.69 Å². The molecule has 1 aliphatic heterocycles. The maximum absolute atomic E-state index is 13.0. The van der Waals surface area contributed by atoms with E-state index in [2.05, 4.69) is 17.4 Å². The summed E-state index contributed by atoms with van der Waals surface area (Å²) in [6.45, 7) is 5.51. The number of aryl methyl sites for hydroxylation is 3. The summed E-state index contributed by atoms with van der Waals surface area (Å²) in [7, 11) is -3.84. The lowest BCUT2D eigenvalue weighted by Gasteiger charge is -2.23. The number of hydrogen-bond donors (Lipinski definition) is 1. The molecule has 1 aromatic carbocycles. The zero-order valence-corrected chi connectivity index (χ0v) is 16.0. The molecule has 0 radical (unpaired) electrons. The smallest absolute Gasteiger partial charge is 0.249 e. The Morgan fingerprint density at radius 1 is 1.31 bits per heavy atom. The van der Waals surface area contributed by atoms with E-state index < -0.39 is 16.1 Å². The standard InChI is InChI=1S/C18H23N3O4S/c1-4-14-7-9-15(10-8-14)19-18(22)16-6-5-11-21(16)26(23,24)17-12(2)20-25-13(17)3/h7-10,16H,4-6,11H2,1-3H3,(H,19,22). The molecule has 1 amide bonds. The minimum Gasteiger partial charge on any atom is -0.360 e. The van der Waals surface area contributed by atoms with Crippen molar-refractivity contribution in [1.29, 1.82) is 0 Å². The fraction of sp³-hybridized carbons (Fsp3) is 0.444. The van der Waals surface area contributed by atoms with Gasteiger partial charge < -0.3 is 9.84 Å². The second-order valence-corrected chi connectivity index (χ2v) is 8.29. The third kappa shape index (κ3) is 3.39. The van der Waals surface area contributed by atoms with Gasteiger partial charge in [0.25, 0.3) is 0 Å². The van der Waals surface area contributed by atoms with Gasteiger partial charge in [-0.15, -0.1) is 0 Å². The molecule has 1 saturated heterocycles. The number of nitrogens with zero attached hydrogens (tertiary/aromatic N) is 2. The summed E-state index contributed by atoms with van der Waals surface area (Å²) in [5.74, 6) is -0.0780. The Morgan fingerprint density at radius 2 is 2.00 bits per heavy atom. The second-order valence-electron chi connectivity index (χ2n) is 6.47. The lowest BCUT2D eigenvalue weighted by Crippen LogP contribution is -2.43. The van der Waals surface area contributed by atoms with Crippen LogP contribution in [-0.4, -0.2) is 36.4 Å². The molecule has 0 saturated carbocycles. The van der Waals surface area contributed by atoms with E-state index in [-0.39, 0.29) is 16.6 Å². The number of amides is 1. The minimum atomic E-state index is -3.84. The first-order valence-electron chi connectivity index (χ1n) is 8.69. The molecular formula is C18H23N3O4S. The fourth-order valence-corrected chi connectivity index (χ4v) is 5.25. The molecule has 0 aliphatic carbocycles. The zero-order valence-electron chi connectivity index (χ0n) is 15.2. The molecule has 1 aromatic heterocycles. The molecule has 8 heteroatoms. The van der Waals surface area contributed by atoms with Gasteiger partial charge in [0.1, 0.15) is 16.6 Å². The molecule has 2 heterocycles. The molecule has 0 bridgehead atoms. The summed E-state index contributed by atoms with van der Waals surface area (Å²) >= 11 is 0. The van der Waals surface area contributed by atoms with Crippen LogP contribution < -0.4 is 5.32 Å². The van der Waals surface area contributed by atoms with Crippen LogP contribution in [0.3, 0.4) is 0 Å². The number of nitrogens with one attached hydrogen (secondary N) is 1. The van der Waals surface area contributed by atoms with Crippen molar-refractivity contribution < 1.29 is 17.7 Å². The van der Waals surface area contributed by atoms with Gasteiger partial charge >= 0.3 is 0 Å². The van der Waals surface area contributed by atoms with Crippen molar-refractivity contribution >= 4 is 21.6 Å². The van der Waals surface area contributed by atoms with Crippen molar-refractivity contribution in [2.75, 3.05) is 11.9 Å². The highest BCUT2D eigenvalue weighted by Crippen LogP contribution is 2.30. The lowest BCUT2D eigenvalue weighted by molar-refractivity contribution is -0.119. The number of hydrogen-bond acceptors (Lipinski definition) is 5. The largest absolute Gasteiger partial charge is 0.360 e. The molecular weight excluding hydrogens is 354 g/mol.